The van der Waals surface area contributed by atoms with Crippen molar-refractivity contribution in [2.45, 2.75) is 39.2 Å². The zero-order valence-electron chi connectivity index (χ0n) is 9.38. The van der Waals surface area contributed by atoms with Gasteiger partial charge in [-0.3, -0.25) is 0 Å². The second-order valence-electron chi connectivity index (χ2n) is 4.30. The van der Waals surface area contributed by atoms with Crippen LogP contribution in [0.2, 0.25) is 0 Å². The SMILES string of the molecule is CCOCC(O)CNCC1(CC)CC1. The third-order valence-electron chi connectivity index (χ3n) is 3.10. The Kier molecular flexibility index (Phi) is 4.85. The number of hydrogen-bond donors (Lipinski definition) is 2. The van der Waals surface area contributed by atoms with E-state index >= 15 is 0 Å². The number of hydrogen-bond acceptors (Lipinski definition) is 3. The van der Waals surface area contributed by atoms with Crippen molar-refractivity contribution < 1.29 is 9.84 Å². The maximum absolute atomic E-state index is 9.48. The Morgan fingerprint density at radius 1 is 1.43 bits per heavy atom. The molecular weight excluding hydrogens is 178 g/mol. The third-order valence-corrected chi connectivity index (χ3v) is 3.10. The Labute approximate surface area is 86.8 Å². The van der Waals surface area contributed by atoms with Gasteiger partial charge in [-0.05, 0) is 31.6 Å². The van der Waals surface area contributed by atoms with E-state index in [1.54, 1.807) is 0 Å². The van der Waals surface area contributed by atoms with Crippen LogP contribution < -0.4 is 5.32 Å². The molecule has 0 aliphatic heterocycles. The average molecular weight is 201 g/mol. The quantitative estimate of drug-likeness (QED) is 0.619. The molecule has 3 heteroatoms. The van der Waals surface area contributed by atoms with Crippen molar-refractivity contribution in [2.24, 2.45) is 5.41 Å². The van der Waals surface area contributed by atoms with Gasteiger partial charge in [0.15, 0.2) is 0 Å². The van der Waals surface area contributed by atoms with Crippen LogP contribution in [0.3, 0.4) is 0 Å². The summed E-state index contributed by atoms with van der Waals surface area (Å²) in [4.78, 5) is 0. The van der Waals surface area contributed by atoms with Crippen molar-refractivity contribution in [2.75, 3.05) is 26.3 Å². The van der Waals surface area contributed by atoms with E-state index in [4.69, 9.17) is 4.74 Å². The molecule has 0 spiro atoms. The van der Waals surface area contributed by atoms with E-state index in [0.29, 0.717) is 25.2 Å². The van der Waals surface area contributed by atoms with Gasteiger partial charge in [-0.1, -0.05) is 6.92 Å². The Hall–Kier alpha value is -0.120. The Bertz CT molecular complexity index is 157. The predicted molar refractivity (Wildman–Crippen MR) is 57.3 cm³/mol. The molecule has 1 saturated carbocycles. The molecule has 0 aromatic rings. The minimum atomic E-state index is -0.359. The second-order valence-corrected chi connectivity index (χ2v) is 4.30. The van der Waals surface area contributed by atoms with Gasteiger partial charge in [0.25, 0.3) is 0 Å². The summed E-state index contributed by atoms with van der Waals surface area (Å²) in [7, 11) is 0. The van der Waals surface area contributed by atoms with Gasteiger partial charge < -0.3 is 15.2 Å². The molecule has 84 valence electrons. The topological polar surface area (TPSA) is 41.5 Å². The van der Waals surface area contributed by atoms with Crippen LogP contribution in [0.25, 0.3) is 0 Å². The fourth-order valence-electron chi connectivity index (χ4n) is 1.65. The zero-order valence-corrected chi connectivity index (χ0v) is 9.38. The molecule has 1 aliphatic carbocycles. The Morgan fingerprint density at radius 3 is 2.64 bits per heavy atom. The van der Waals surface area contributed by atoms with Crippen LogP contribution in [-0.2, 0) is 4.74 Å². The van der Waals surface area contributed by atoms with Gasteiger partial charge in [-0.2, -0.15) is 0 Å². The van der Waals surface area contributed by atoms with Crippen molar-refractivity contribution >= 4 is 0 Å². The van der Waals surface area contributed by atoms with Gasteiger partial charge >= 0.3 is 0 Å². The summed E-state index contributed by atoms with van der Waals surface area (Å²) in [6.45, 7) is 7.01. The minimum absolute atomic E-state index is 0.359. The Balaban J connectivity index is 1.97. The summed E-state index contributed by atoms with van der Waals surface area (Å²) >= 11 is 0. The van der Waals surface area contributed by atoms with E-state index in [2.05, 4.69) is 12.2 Å². The smallest absolute Gasteiger partial charge is 0.0897 e. The maximum Gasteiger partial charge on any atom is 0.0897 e. The van der Waals surface area contributed by atoms with Crippen LogP contribution >= 0.6 is 0 Å². The molecule has 0 aromatic heterocycles. The van der Waals surface area contributed by atoms with Gasteiger partial charge in [-0.25, -0.2) is 0 Å². The molecule has 1 unspecified atom stereocenters. The molecule has 0 saturated heterocycles. The number of aliphatic hydroxyl groups excluding tert-OH is 1. The lowest BCUT2D eigenvalue weighted by Gasteiger charge is -2.16. The highest BCUT2D eigenvalue weighted by atomic mass is 16.5. The third kappa shape index (κ3) is 3.95. The van der Waals surface area contributed by atoms with E-state index < -0.39 is 0 Å². The monoisotopic (exact) mass is 201 g/mol. The summed E-state index contributed by atoms with van der Waals surface area (Å²) in [5, 5.41) is 12.8. The van der Waals surface area contributed by atoms with Crippen LogP contribution in [0, 0.1) is 5.41 Å². The highest BCUT2D eigenvalue weighted by molar-refractivity contribution is 4.93. The molecule has 0 amide bonds. The molecular formula is C11H23NO2. The van der Waals surface area contributed by atoms with E-state index in [9.17, 15) is 5.11 Å². The lowest BCUT2D eigenvalue weighted by molar-refractivity contribution is 0.0422. The number of nitrogens with one attached hydrogen (secondary N) is 1. The van der Waals surface area contributed by atoms with Gasteiger partial charge in [-0.15, -0.1) is 0 Å². The van der Waals surface area contributed by atoms with Crippen molar-refractivity contribution in [3.8, 4) is 0 Å². The maximum atomic E-state index is 9.48. The first-order valence-electron chi connectivity index (χ1n) is 5.69. The normalized spacial score (nSPS) is 20.8. The molecule has 1 atom stereocenters. The summed E-state index contributed by atoms with van der Waals surface area (Å²) in [5.74, 6) is 0. The average Bonchev–Trinajstić information content (AvgIpc) is 2.96. The molecule has 3 nitrogen and oxygen atoms in total. The summed E-state index contributed by atoms with van der Waals surface area (Å²) in [5.41, 5.74) is 0.561. The predicted octanol–water partition coefficient (Wildman–Crippen LogP) is 1.16. The van der Waals surface area contributed by atoms with E-state index in [-0.39, 0.29) is 6.10 Å². The zero-order chi connectivity index (χ0) is 10.4. The largest absolute Gasteiger partial charge is 0.389 e. The van der Waals surface area contributed by atoms with Gasteiger partial charge in [0.1, 0.15) is 0 Å². The van der Waals surface area contributed by atoms with Crippen LogP contribution in [0.5, 0.6) is 0 Å². The van der Waals surface area contributed by atoms with E-state index in [0.717, 1.165) is 6.54 Å². The molecule has 2 N–H and O–H groups in total. The van der Waals surface area contributed by atoms with Crippen LogP contribution in [0.1, 0.15) is 33.1 Å². The lowest BCUT2D eigenvalue weighted by Crippen LogP contribution is -2.34. The van der Waals surface area contributed by atoms with E-state index in [1.807, 2.05) is 6.92 Å². The first-order valence-corrected chi connectivity index (χ1v) is 5.69. The highest BCUT2D eigenvalue weighted by Gasteiger charge is 2.39. The summed E-state index contributed by atoms with van der Waals surface area (Å²) < 4.78 is 5.13. The molecule has 0 aromatic carbocycles. The molecule has 1 aliphatic rings. The Morgan fingerprint density at radius 2 is 2.14 bits per heavy atom. The molecule has 0 heterocycles. The fourth-order valence-corrected chi connectivity index (χ4v) is 1.65. The molecule has 0 radical (unpaired) electrons. The van der Waals surface area contributed by atoms with Crippen LogP contribution in [0.4, 0.5) is 0 Å². The first kappa shape index (κ1) is 12.0. The van der Waals surface area contributed by atoms with Gasteiger partial charge in [0, 0.05) is 19.7 Å². The molecule has 14 heavy (non-hydrogen) atoms. The highest BCUT2D eigenvalue weighted by Crippen LogP contribution is 2.47. The van der Waals surface area contributed by atoms with Gasteiger partial charge in [0.05, 0.1) is 12.7 Å². The summed E-state index contributed by atoms with van der Waals surface area (Å²) in [6, 6.07) is 0. The minimum Gasteiger partial charge on any atom is -0.389 e. The van der Waals surface area contributed by atoms with Crippen molar-refractivity contribution in [3.05, 3.63) is 0 Å². The molecule has 1 rings (SSSR count). The molecule has 0 bridgehead atoms. The van der Waals surface area contributed by atoms with Crippen molar-refractivity contribution in [1.29, 1.82) is 0 Å². The number of aliphatic hydroxyl groups is 1. The van der Waals surface area contributed by atoms with Crippen molar-refractivity contribution in [1.82, 2.24) is 5.32 Å². The lowest BCUT2D eigenvalue weighted by atomic mass is 10.0. The number of ether oxygens (including phenoxy) is 1. The van der Waals surface area contributed by atoms with Crippen LogP contribution in [-0.4, -0.2) is 37.5 Å². The second kappa shape index (κ2) is 5.69. The first-order chi connectivity index (χ1) is 6.72. The van der Waals surface area contributed by atoms with Crippen LogP contribution in [0.15, 0.2) is 0 Å². The van der Waals surface area contributed by atoms with Crippen molar-refractivity contribution in [3.63, 3.8) is 0 Å². The summed E-state index contributed by atoms with van der Waals surface area (Å²) in [6.07, 6.45) is 3.58. The molecule has 1 fully saturated rings. The standard InChI is InChI=1S/C11H23NO2/c1-3-11(5-6-11)9-12-7-10(13)8-14-4-2/h10,12-13H,3-9H2,1-2H3. The fraction of sp³-hybridized carbons (Fsp3) is 1.00. The van der Waals surface area contributed by atoms with E-state index in [1.165, 1.54) is 19.3 Å². The number of rotatable bonds is 8. The van der Waals surface area contributed by atoms with Gasteiger partial charge in [0.2, 0.25) is 0 Å².